The lowest BCUT2D eigenvalue weighted by Gasteiger charge is -2.34. The number of alkyl halides is 4. The molecule has 21 heavy (non-hydrogen) atoms. The largest absolute Gasteiger partial charge is 0.416 e. The third-order valence-corrected chi connectivity index (χ3v) is 4.27. The predicted octanol–water partition coefficient (Wildman–Crippen LogP) is 5.08. The quantitative estimate of drug-likeness (QED) is 0.684. The first-order valence-electron chi connectivity index (χ1n) is 7.47. The molecule has 1 aromatic carbocycles. The van der Waals surface area contributed by atoms with E-state index in [1.54, 1.807) is 6.07 Å². The summed E-state index contributed by atoms with van der Waals surface area (Å²) in [6.45, 7) is 1.27. The number of benzene rings is 1. The number of nitrogens with zero attached hydrogens (tertiary/aromatic N) is 1. The normalized spacial score (nSPS) is 17.4. The maximum atomic E-state index is 12.8. The van der Waals surface area contributed by atoms with Crippen LogP contribution in [0.1, 0.15) is 43.2 Å². The van der Waals surface area contributed by atoms with Crippen molar-refractivity contribution in [2.45, 2.75) is 50.9 Å². The molecule has 118 valence electrons. The van der Waals surface area contributed by atoms with Crippen molar-refractivity contribution in [2.24, 2.45) is 0 Å². The van der Waals surface area contributed by atoms with E-state index in [4.69, 9.17) is 11.6 Å². The van der Waals surface area contributed by atoms with Crippen LogP contribution in [0.4, 0.5) is 13.2 Å². The average molecular weight is 320 g/mol. The topological polar surface area (TPSA) is 3.24 Å². The maximum absolute atomic E-state index is 12.8. The second kappa shape index (κ2) is 7.50. The molecular weight excluding hydrogens is 299 g/mol. The van der Waals surface area contributed by atoms with Crippen molar-refractivity contribution < 1.29 is 13.2 Å². The van der Waals surface area contributed by atoms with Crippen molar-refractivity contribution in [3.8, 4) is 0 Å². The Labute approximate surface area is 129 Å². The van der Waals surface area contributed by atoms with Gasteiger partial charge >= 0.3 is 6.18 Å². The molecule has 1 saturated carbocycles. The van der Waals surface area contributed by atoms with E-state index in [1.165, 1.54) is 31.4 Å². The SMILES string of the molecule is FC(F)(F)c1cccc(CN(CCCl)C2CCCCC2)c1. The summed E-state index contributed by atoms with van der Waals surface area (Å²) in [6.07, 6.45) is 1.62. The summed E-state index contributed by atoms with van der Waals surface area (Å²) in [6, 6.07) is 6.07. The van der Waals surface area contributed by atoms with Crippen LogP contribution >= 0.6 is 11.6 Å². The summed E-state index contributed by atoms with van der Waals surface area (Å²) in [5, 5.41) is 0. The van der Waals surface area contributed by atoms with Gasteiger partial charge in [0.05, 0.1) is 5.56 Å². The van der Waals surface area contributed by atoms with Gasteiger partial charge in [0.15, 0.2) is 0 Å². The van der Waals surface area contributed by atoms with E-state index in [0.29, 0.717) is 24.0 Å². The minimum Gasteiger partial charge on any atom is -0.295 e. The van der Waals surface area contributed by atoms with E-state index in [9.17, 15) is 13.2 Å². The Morgan fingerprint density at radius 3 is 2.48 bits per heavy atom. The third kappa shape index (κ3) is 4.89. The lowest BCUT2D eigenvalue weighted by Crippen LogP contribution is -2.37. The molecule has 0 N–H and O–H groups in total. The van der Waals surface area contributed by atoms with Gasteiger partial charge in [0.1, 0.15) is 0 Å². The van der Waals surface area contributed by atoms with Crippen molar-refractivity contribution in [1.29, 1.82) is 0 Å². The van der Waals surface area contributed by atoms with Gasteiger partial charge in [0.25, 0.3) is 0 Å². The van der Waals surface area contributed by atoms with Crippen LogP contribution in [0.25, 0.3) is 0 Å². The first-order chi connectivity index (χ1) is 10.0. The van der Waals surface area contributed by atoms with Crippen molar-refractivity contribution >= 4 is 11.6 Å². The van der Waals surface area contributed by atoms with E-state index in [-0.39, 0.29) is 0 Å². The molecule has 0 atom stereocenters. The van der Waals surface area contributed by atoms with Crippen molar-refractivity contribution in [1.82, 2.24) is 4.90 Å². The monoisotopic (exact) mass is 319 g/mol. The molecule has 1 aliphatic rings. The Balaban J connectivity index is 2.09. The summed E-state index contributed by atoms with van der Waals surface area (Å²) in [5.74, 6) is 0.509. The predicted molar refractivity (Wildman–Crippen MR) is 79.4 cm³/mol. The Morgan fingerprint density at radius 1 is 1.14 bits per heavy atom. The molecule has 0 unspecified atom stereocenters. The molecular formula is C16H21ClF3N. The fourth-order valence-corrected chi connectivity index (χ4v) is 3.24. The summed E-state index contributed by atoms with van der Waals surface area (Å²) in [5.41, 5.74) is 0.134. The van der Waals surface area contributed by atoms with E-state index >= 15 is 0 Å². The van der Waals surface area contributed by atoms with Gasteiger partial charge in [-0.25, -0.2) is 0 Å². The van der Waals surface area contributed by atoms with Crippen LogP contribution in [0, 0.1) is 0 Å². The van der Waals surface area contributed by atoms with E-state index in [1.807, 2.05) is 0 Å². The molecule has 1 aliphatic carbocycles. The van der Waals surface area contributed by atoms with E-state index in [2.05, 4.69) is 4.90 Å². The highest BCUT2D eigenvalue weighted by Gasteiger charge is 2.30. The van der Waals surface area contributed by atoms with Gasteiger partial charge in [-0.2, -0.15) is 13.2 Å². The van der Waals surface area contributed by atoms with Gasteiger partial charge < -0.3 is 0 Å². The number of hydrogen-bond donors (Lipinski definition) is 0. The minimum atomic E-state index is -4.28. The Morgan fingerprint density at radius 2 is 1.86 bits per heavy atom. The fraction of sp³-hybridized carbons (Fsp3) is 0.625. The highest BCUT2D eigenvalue weighted by atomic mass is 35.5. The Kier molecular flexibility index (Phi) is 5.94. The maximum Gasteiger partial charge on any atom is 0.416 e. The van der Waals surface area contributed by atoms with Crippen LogP contribution in [0.3, 0.4) is 0 Å². The zero-order chi connectivity index (χ0) is 15.3. The summed E-state index contributed by atoms with van der Waals surface area (Å²) in [7, 11) is 0. The second-order valence-corrected chi connectivity index (χ2v) is 6.03. The van der Waals surface area contributed by atoms with Gasteiger partial charge in [-0.3, -0.25) is 4.90 Å². The Bertz CT molecular complexity index is 441. The average Bonchev–Trinajstić information content (AvgIpc) is 2.47. The smallest absolute Gasteiger partial charge is 0.295 e. The van der Waals surface area contributed by atoms with Crippen LogP contribution in [-0.2, 0) is 12.7 Å². The van der Waals surface area contributed by atoms with Crippen LogP contribution in [-0.4, -0.2) is 23.4 Å². The van der Waals surface area contributed by atoms with Gasteiger partial charge in [-0.1, -0.05) is 37.5 Å². The molecule has 1 nitrogen and oxygen atoms in total. The fourth-order valence-electron chi connectivity index (χ4n) is 3.03. The molecule has 0 amide bonds. The van der Waals surface area contributed by atoms with Crippen molar-refractivity contribution in [2.75, 3.05) is 12.4 Å². The number of halogens is 4. The first-order valence-corrected chi connectivity index (χ1v) is 8.00. The van der Waals surface area contributed by atoms with Crippen LogP contribution in [0.5, 0.6) is 0 Å². The lowest BCUT2D eigenvalue weighted by molar-refractivity contribution is -0.137. The van der Waals surface area contributed by atoms with Crippen molar-refractivity contribution in [3.05, 3.63) is 35.4 Å². The van der Waals surface area contributed by atoms with Gasteiger partial charge in [0, 0.05) is 25.0 Å². The molecule has 1 fully saturated rings. The van der Waals surface area contributed by atoms with Crippen LogP contribution in [0.2, 0.25) is 0 Å². The third-order valence-electron chi connectivity index (χ3n) is 4.10. The molecule has 0 saturated heterocycles. The molecule has 0 spiro atoms. The van der Waals surface area contributed by atoms with Gasteiger partial charge in [0.2, 0.25) is 0 Å². The lowest BCUT2D eigenvalue weighted by atomic mass is 9.94. The molecule has 0 radical (unpaired) electrons. The van der Waals surface area contributed by atoms with E-state index < -0.39 is 11.7 Å². The number of rotatable bonds is 5. The summed E-state index contributed by atoms with van der Waals surface area (Å²) < 4.78 is 38.3. The standard InChI is InChI=1S/C16H21ClF3N/c17-9-10-21(15-7-2-1-3-8-15)12-13-5-4-6-14(11-13)16(18,19)20/h4-6,11,15H,1-3,7-10,12H2. The van der Waals surface area contributed by atoms with Gasteiger partial charge in [-0.15, -0.1) is 11.6 Å². The molecule has 0 aromatic heterocycles. The van der Waals surface area contributed by atoms with Gasteiger partial charge in [-0.05, 0) is 24.5 Å². The molecule has 2 rings (SSSR count). The summed E-state index contributed by atoms with van der Waals surface area (Å²) in [4.78, 5) is 2.24. The van der Waals surface area contributed by atoms with E-state index in [0.717, 1.165) is 25.5 Å². The molecule has 0 aliphatic heterocycles. The molecule has 0 heterocycles. The van der Waals surface area contributed by atoms with Crippen LogP contribution < -0.4 is 0 Å². The second-order valence-electron chi connectivity index (χ2n) is 5.65. The zero-order valence-corrected chi connectivity index (χ0v) is 12.8. The van der Waals surface area contributed by atoms with Crippen molar-refractivity contribution in [3.63, 3.8) is 0 Å². The zero-order valence-electron chi connectivity index (χ0n) is 12.0. The first kappa shape index (κ1) is 16.6. The molecule has 1 aromatic rings. The molecule has 5 heteroatoms. The summed E-state index contributed by atoms with van der Waals surface area (Å²) >= 11 is 5.86. The molecule has 0 bridgehead atoms. The van der Waals surface area contributed by atoms with Crippen LogP contribution in [0.15, 0.2) is 24.3 Å². The highest BCUT2D eigenvalue weighted by Crippen LogP contribution is 2.30. The Hall–Kier alpha value is -0.740. The minimum absolute atomic E-state index is 0.451. The number of hydrogen-bond acceptors (Lipinski definition) is 1. The highest BCUT2D eigenvalue weighted by molar-refractivity contribution is 6.18.